The lowest BCUT2D eigenvalue weighted by Crippen LogP contribution is -2.44. The number of amides is 1. The van der Waals surface area contributed by atoms with Crippen LogP contribution in [0.1, 0.15) is 23.2 Å². The number of hydrogen-bond acceptors (Lipinski definition) is 5. The van der Waals surface area contributed by atoms with E-state index in [1.165, 1.54) is 0 Å². The molecule has 2 aromatic rings. The SMILES string of the molecule is CN(C)c1ccc(OC2CCCN(C(=O)c3ccccc3)C2)nn1. The van der Waals surface area contributed by atoms with Crippen LogP contribution in [0.3, 0.4) is 0 Å². The third-order valence-corrected chi connectivity index (χ3v) is 4.06. The zero-order chi connectivity index (χ0) is 16.9. The van der Waals surface area contributed by atoms with Gasteiger partial charge in [0.1, 0.15) is 6.10 Å². The molecule has 0 aliphatic carbocycles. The van der Waals surface area contributed by atoms with Crippen molar-refractivity contribution >= 4 is 11.7 Å². The summed E-state index contributed by atoms with van der Waals surface area (Å²) >= 11 is 0. The Morgan fingerprint density at radius 1 is 1.17 bits per heavy atom. The minimum atomic E-state index is -0.0501. The highest BCUT2D eigenvalue weighted by Gasteiger charge is 2.26. The van der Waals surface area contributed by atoms with Crippen LogP contribution in [-0.4, -0.2) is 54.3 Å². The third-order valence-electron chi connectivity index (χ3n) is 4.06. The number of rotatable bonds is 4. The summed E-state index contributed by atoms with van der Waals surface area (Å²) in [4.78, 5) is 16.3. The molecule has 1 aromatic carbocycles. The molecule has 1 aromatic heterocycles. The molecule has 1 atom stereocenters. The number of piperidine rings is 1. The van der Waals surface area contributed by atoms with Crippen molar-refractivity contribution in [1.82, 2.24) is 15.1 Å². The van der Waals surface area contributed by atoms with Gasteiger partial charge in [0.2, 0.25) is 5.88 Å². The zero-order valence-electron chi connectivity index (χ0n) is 14.1. The van der Waals surface area contributed by atoms with E-state index in [0.29, 0.717) is 18.0 Å². The molecule has 0 saturated carbocycles. The van der Waals surface area contributed by atoms with Crippen molar-refractivity contribution in [3.05, 3.63) is 48.0 Å². The fourth-order valence-electron chi connectivity index (χ4n) is 2.77. The summed E-state index contributed by atoms with van der Waals surface area (Å²) in [5.41, 5.74) is 0.716. The summed E-state index contributed by atoms with van der Waals surface area (Å²) in [6.07, 6.45) is 1.79. The van der Waals surface area contributed by atoms with E-state index in [4.69, 9.17) is 4.74 Å². The maximum absolute atomic E-state index is 12.6. The number of anilines is 1. The number of carbonyl (C=O) groups is 1. The summed E-state index contributed by atoms with van der Waals surface area (Å²) < 4.78 is 5.92. The number of nitrogens with zero attached hydrogens (tertiary/aromatic N) is 4. The average molecular weight is 326 g/mol. The summed E-state index contributed by atoms with van der Waals surface area (Å²) in [5.74, 6) is 1.34. The van der Waals surface area contributed by atoms with Gasteiger partial charge in [-0.1, -0.05) is 18.2 Å². The van der Waals surface area contributed by atoms with E-state index in [-0.39, 0.29) is 12.0 Å². The van der Waals surface area contributed by atoms with E-state index in [1.54, 1.807) is 0 Å². The number of hydrogen-bond donors (Lipinski definition) is 0. The summed E-state index contributed by atoms with van der Waals surface area (Å²) in [6, 6.07) is 13.1. The maximum atomic E-state index is 12.6. The normalized spacial score (nSPS) is 17.4. The second kappa shape index (κ2) is 7.29. The van der Waals surface area contributed by atoms with E-state index in [0.717, 1.165) is 25.2 Å². The van der Waals surface area contributed by atoms with E-state index < -0.39 is 0 Å². The highest BCUT2D eigenvalue weighted by atomic mass is 16.5. The van der Waals surface area contributed by atoms with Gasteiger partial charge in [0.15, 0.2) is 5.82 Å². The molecule has 1 saturated heterocycles. The van der Waals surface area contributed by atoms with Crippen LogP contribution in [0.25, 0.3) is 0 Å². The van der Waals surface area contributed by atoms with Gasteiger partial charge in [0.05, 0.1) is 6.54 Å². The highest BCUT2D eigenvalue weighted by Crippen LogP contribution is 2.19. The third kappa shape index (κ3) is 3.82. The number of likely N-dealkylation sites (tertiary alicyclic amines) is 1. The van der Waals surface area contributed by atoms with Crippen molar-refractivity contribution in [1.29, 1.82) is 0 Å². The first-order valence-electron chi connectivity index (χ1n) is 8.15. The first kappa shape index (κ1) is 16.2. The van der Waals surface area contributed by atoms with Gasteiger partial charge in [-0.3, -0.25) is 4.79 Å². The molecule has 6 heteroatoms. The first-order valence-corrected chi connectivity index (χ1v) is 8.15. The van der Waals surface area contributed by atoms with E-state index >= 15 is 0 Å². The van der Waals surface area contributed by atoms with Gasteiger partial charge < -0.3 is 14.5 Å². The van der Waals surface area contributed by atoms with Gasteiger partial charge in [-0.25, -0.2) is 0 Å². The minimum Gasteiger partial charge on any atom is -0.471 e. The van der Waals surface area contributed by atoms with Gasteiger partial charge in [0, 0.05) is 32.3 Å². The van der Waals surface area contributed by atoms with Gasteiger partial charge in [-0.2, -0.15) is 0 Å². The summed E-state index contributed by atoms with van der Waals surface area (Å²) in [7, 11) is 3.83. The second-order valence-electron chi connectivity index (χ2n) is 6.12. The molecule has 126 valence electrons. The van der Waals surface area contributed by atoms with Gasteiger partial charge in [0.25, 0.3) is 5.91 Å². The minimum absolute atomic E-state index is 0.0501. The maximum Gasteiger partial charge on any atom is 0.253 e. The summed E-state index contributed by atoms with van der Waals surface area (Å²) in [6.45, 7) is 1.34. The highest BCUT2D eigenvalue weighted by molar-refractivity contribution is 5.94. The van der Waals surface area contributed by atoms with Crippen LogP contribution in [0, 0.1) is 0 Å². The zero-order valence-corrected chi connectivity index (χ0v) is 14.1. The number of carbonyl (C=O) groups excluding carboxylic acids is 1. The smallest absolute Gasteiger partial charge is 0.253 e. The van der Waals surface area contributed by atoms with E-state index in [1.807, 2.05) is 66.4 Å². The standard InChI is InChI=1S/C18H22N4O2/c1-21(2)16-10-11-17(20-19-16)24-15-9-6-12-22(13-15)18(23)14-7-4-3-5-8-14/h3-5,7-8,10-11,15H,6,9,12-13H2,1-2H3. The first-order chi connectivity index (χ1) is 11.6. The molecule has 3 rings (SSSR count). The molecule has 6 nitrogen and oxygen atoms in total. The van der Waals surface area contributed by atoms with Crippen LogP contribution < -0.4 is 9.64 Å². The molecule has 1 amide bonds. The van der Waals surface area contributed by atoms with Gasteiger partial charge >= 0.3 is 0 Å². The lowest BCUT2D eigenvalue weighted by Gasteiger charge is -2.32. The lowest BCUT2D eigenvalue weighted by molar-refractivity contribution is 0.0525. The molecule has 0 bridgehead atoms. The molecule has 0 spiro atoms. The van der Waals surface area contributed by atoms with Crippen molar-refractivity contribution in [2.24, 2.45) is 0 Å². The Morgan fingerprint density at radius 2 is 1.96 bits per heavy atom. The predicted molar refractivity (Wildman–Crippen MR) is 92.4 cm³/mol. The molecule has 24 heavy (non-hydrogen) atoms. The Hall–Kier alpha value is -2.63. The van der Waals surface area contributed by atoms with E-state index in [2.05, 4.69) is 10.2 Å². The molecule has 1 aliphatic heterocycles. The Balaban J connectivity index is 1.62. The number of benzene rings is 1. The quantitative estimate of drug-likeness (QED) is 0.862. The Labute approximate surface area is 142 Å². The van der Waals surface area contributed by atoms with Crippen molar-refractivity contribution in [3.63, 3.8) is 0 Å². The molecular formula is C18H22N4O2. The van der Waals surface area contributed by atoms with Crippen LogP contribution in [0.5, 0.6) is 5.88 Å². The van der Waals surface area contributed by atoms with Crippen LogP contribution in [0.15, 0.2) is 42.5 Å². The van der Waals surface area contributed by atoms with Crippen LogP contribution in [0.2, 0.25) is 0 Å². The monoisotopic (exact) mass is 326 g/mol. The molecule has 1 fully saturated rings. The average Bonchev–Trinajstić information content (AvgIpc) is 2.62. The summed E-state index contributed by atoms with van der Waals surface area (Å²) in [5, 5.41) is 8.22. The number of ether oxygens (including phenoxy) is 1. The van der Waals surface area contributed by atoms with E-state index in [9.17, 15) is 4.79 Å². The van der Waals surface area contributed by atoms with Crippen molar-refractivity contribution in [2.45, 2.75) is 18.9 Å². The molecule has 2 heterocycles. The molecule has 1 aliphatic rings. The Kier molecular flexibility index (Phi) is 4.93. The Bertz CT molecular complexity index is 673. The van der Waals surface area contributed by atoms with Gasteiger partial charge in [-0.15, -0.1) is 10.2 Å². The second-order valence-corrected chi connectivity index (χ2v) is 6.12. The van der Waals surface area contributed by atoms with Crippen molar-refractivity contribution in [3.8, 4) is 5.88 Å². The Morgan fingerprint density at radius 3 is 2.62 bits per heavy atom. The van der Waals surface area contributed by atoms with Gasteiger partial charge in [-0.05, 0) is 31.0 Å². The topological polar surface area (TPSA) is 58.6 Å². The fourth-order valence-corrected chi connectivity index (χ4v) is 2.77. The fraction of sp³-hybridized carbons (Fsp3) is 0.389. The molecule has 0 N–H and O–H groups in total. The molecule has 0 radical (unpaired) electrons. The molecular weight excluding hydrogens is 304 g/mol. The number of aromatic nitrogens is 2. The van der Waals surface area contributed by atoms with Crippen molar-refractivity contribution < 1.29 is 9.53 Å². The van der Waals surface area contributed by atoms with Crippen LogP contribution in [-0.2, 0) is 0 Å². The lowest BCUT2D eigenvalue weighted by atomic mass is 10.1. The largest absolute Gasteiger partial charge is 0.471 e. The van der Waals surface area contributed by atoms with Crippen LogP contribution in [0.4, 0.5) is 5.82 Å². The van der Waals surface area contributed by atoms with Crippen molar-refractivity contribution in [2.75, 3.05) is 32.1 Å². The predicted octanol–water partition coefficient (Wildman–Crippen LogP) is 2.23. The van der Waals surface area contributed by atoms with Crippen LogP contribution >= 0.6 is 0 Å². The molecule has 1 unspecified atom stereocenters.